The van der Waals surface area contributed by atoms with Crippen molar-refractivity contribution in [1.29, 1.82) is 0 Å². The minimum absolute atomic E-state index is 0.116. The van der Waals surface area contributed by atoms with E-state index in [1.54, 1.807) is 7.11 Å². The fourth-order valence-corrected chi connectivity index (χ4v) is 3.57. The van der Waals surface area contributed by atoms with E-state index >= 15 is 0 Å². The number of carboxylic acid groups (broad SMARTS) is 1. The number of ether oxygens (including phenoxy) is 1. The van der Waals surface area contributed by atoms with E-state index in [1.165, 1.54) is 0 Å². The third-order valence-corrected chi connectivity index (χ3v) is 4.97. The second kappa shape index (κ2) is 10.0. The molecule has 1 saturated carbocycles. The maximum atomic E-state index is 12.2. The number of carbonyl (C=O) groups excluding carboxylic acids is 1. The molecule has 1 aromatic rings. The average molecular weight is 344 g/mol. The third kappa shape index (κ3) is 6.04. The van der Waals surface area contributed by atoms with Crippen LogP contribution in [0, 0.1) is 11.8 Å². The van der Waals surface area contributed by atoms with Crippen molar-refractivity contribution in [3.05, 3.63) is 35.9 Å². The Bertz CT molecular complexity index is 606. The number of methoxy groups -OCH3 is 1. The molecule has 2 atom stereocenters. The van der Waals surface area contributed by atoms with Crippen LogP contribution in [0.2, 0.25) is 0 Å². The number of carboxylic acids is 1. The fourth-order valence-electron chi connectivity index (χ4n) is 3.57. The van der Waals surface area contributed by atoms with Gasteiger partial charge in [-0.3, -0.25) is 9.59 Å². The molecule has 1 aliphatic carbocycles. The van der Waals surface area contributed by atoms with Gasteiger partial charge in [-0.25, -0.2) is 0 Å². The van der Waals surface area contributed by atoms with Gasteiger partial charge in [-0.1, -0.05) is 49.6 Å². The van der Waals surface area contributed by atoms with Gasteiger partial charge in [0, 0.05) is 24.3 Å². The zero-order valence-corrected chi connectivity index (χ0v) is 14.9. The van der Waals surface area contributed by atoms with E-state index < -0.39 is 5.97 Å². The largest absolute Gasteiger partial charge is 0.496 e. The number of allylic oxidation sites excluding steroid dienone is 1. The number of aliphatic carboxylic acids is 1. The summed E-state index contributed by atoms with van der Waals surface area (Å²) in [4.78, 5) is 22.7. The summed E-state index contributed by atoms with van der Waals surface area (Å²) in [6, 6.07) is 7.89. The van der Waals surface area contributed by atoms with E-state index in [0.29, 0.717) is 18.1 Å². The average Bonchev–Trinajstić information content (AvgIpc) is 2.96. The van der Waals surface area contributed by atoms with E-state index in [1.807, 2.05) is 24.3 Å². The van der Waals surface area contributed by atoms with Gasteiger partial charge in [0.1, 0.15) is 11.5 Å². The first-order valence-electron chi connectivity index (χ1n) is 9.17. The van der Waals surface area contributed by atoms with Crippen LogP contribution in [0.3, 0.4) is 0 Å². The lowest BCUT2D eigenvalue weighted by Gasteiger charge is -2.15. The van der Waals surface area contributed by atoms with Crippen molar-refractivity contribution in [2.75, 3.05) is 7.11 Å². The zero-order valence-electron chi connectivity index (χ0n) is 14.9. The van der Waals surface area contributed by atoms with Gasteiger partial charge < -0.3 is 9.84 Å². The Morgan fingerprint density at radius 1 is 1.24 bits per heavy atom. The Morgan fingerprint density at radius 2 is 2.00 bits per heavy atom. The molecule has 0 radical (unpaired) electrons. The Kier molecular flexibility index (Phi) is 7.71. The maximum Gasteiger partial charge on any atom is 0.303 e. The number of rotatable bonds is 10. The van der Waals surface area contributed by atoms with Crippen molar-refractivity contribution in [3.8, 4) is 5.75 Å². The van der Waals surface area contributed by atoms with Crippen LogP contribution in [0.4, 0.5) is 0 Å². The molecule has 1 N–H and O–H groups in total. The first-order chi connectivity index (χ1) is 12.1. The molecule has 0 amide bonds. The molecule has 25 heavy (non-hydrogen) atoms. The molecule has 4 nitrogen and oxygen atoms in total. The smallest absolute Gasteiger partial charge is 0.303 e. The highest BCUT2D eigenvalue weighted by Crippen LogP contribution is 2.34. The Morgan fingerprint density at radius 3 is 2.76 bits per heavy atom. The minimum Gasteiger partial charge on any atom is -0.496 e. The molecule has 0 aliphatic heterocycles. The van der Waals surface area contributed by atoms with Crippen molar-refractivity contribution < 1.29 is 19.4 Å². The summed E-state index contributed by atoms with van der Waals surface area (Å²) in [5.41, 5.74) is 1.04. The quantitative estimate of drug-likeness (QED) is 0.623. The summed E-state index contributed by atoms with van der Waals surface area (Å²) in [5, 5.41) is 8.64. The molecule has 1 aliphatic rings. The standard InChI is InChI=1S/C21H28O4/c1-25-20-10-7-6-8-17(20)13-12-16-14-15-19(22)18(16)9-4-2-3-5-11-21(23)24/h6-8,10,12-13,16,18H,2-5,9,11,14-15H2,1H3,(H,23,24). The maximum absolute atomic E-state index is 12.2. The first kappa shape index (κ1) is 19.2. The lowest BCUT2D eigenvalue weighted by molar-refractivity contribution is -0.137. The number of hydrogen-bond acceptors (Lipinski definition) is 3. The summed E-state index contributed by atoms with van der Waals surface area (Å²) in [7, 11) is 1.67. The van der Waals surface area contributed by atoms with Crippen LogP contribution in [0.5, 0.6) is 5.75 Å². The van der Waals surface area contributed by atoms with Gasteiger partial charge in [0.2, 0.25) is 0 Å². The van der Waals surface area contributed by atoms with Gasteiger partial charge in [0.25, 0.3) is 0 Å². The number of ketones is 1. The summed E-state index contributed by atoms with van der Waals surface area (Å²) in [5.74, 6) is 0.910. The van der Waals surface area contributed by atoms with Gasteiger partial charge in [0.05, 0.1) is 7.11 Å². The molecule has 136 valence electrons. The monoisotopic (exact) mass is 344 g/mol. The molecule has 0 aromatic heterocycles. The van der Waals surface area contributed by atoms with E-state index in [2.05, 4.69) is 12.2 Å². The second-order valence-electron chi connectivity index (χ2n) is 6.72. The SMILES string of the molecule is COc1ccccc1C=CC1CCC(=O)C1CCCCCCC(=O)O. The summed E-state index contributed by atoms with van der Waals surface area (Å²) in [6.45, 7) is 0. The molecular formula is C21H28O4. The van der Waals surface area contributed by atoms with Crippen LogP contribution in [0.25, 0.3) is 6.08 Å². The minimum atomic E-state index is -0.729. The van der Waals surface area contributed by atoms with Gasteiger partial charge >= 0.3 is 5.97 Å². The topological polar surface area (TPSA) is 63.6 Å². The highest BCUT2D eigenvalue weighted by atomic mass is 16.5. The van der Waals surface area contributed by atoms with Crippen LogP contribution < -0.4 is 4.74 Å². The number of benzene rings is 1. The van der Waals surface area contributed by atoms with E-state index in [-0.39, 0.29) is 12.3 Å². The number of para-hydroxylation sites is 1. The molecule has 2 unspecified atom stereocenters. The molecule has 2 rings (SSSR count). The normalized spacial score (nSPS) is 20.3. The van der Waals surface area contributed by atoms with Crippen molar-refractivity contribution in [2.45, 2.75) is 51.4 Å². The summed E-state index contributed by atoms with van der Waals surface area (Å²) < 4.78 is 5.37. The van der Waals surface area contributed by atoms with Crippen LogP contribution >= 0.6 is 0 Å². The van der Waals surface area contributed by atoms with Crippen LogP contribution in [0.1, 0.15) is 56.9 Å². The Balaban J connectivity index is 1.84. The number of unbranched alkanes of at least 4 members (excludes halogenated alkanes) is 3. The molecular weight excluding hydrogens is 316 g/mol. The van der Waals surface area contributed by atoms with Gasteiger partial charge in [-0.2, -0.15) is 0 Å². The molecule has 0 saturated heterocycles. The molecule has 0 spiro atoms. The predicted octanol–water partition coefficient (Wildman–Crippen LogP) is 4.73. The summed E-state index contributed by atoms with van der Waals surface area (Å²) >= 11 is 0. The number of hydrogen-bond donors (Lipinski definition) is 1. The predicted molar refractivity (Wildman–Crippen MR) is 98.6 cm³/mol. The van der Waals surface area contributed by atoms with Gasteiger partial charge in [0.15, 0.2) is 0 Å². The number of carbonyl (C=O) groups is 2. The second-order valence-corrected chi connectivity index (χ2v) is 6.72. The van der Waals surface area contributed by atoms with Gasteiger partial charge in [-0.15, -0.1) is 0 Å². The molecule has 0 heterocycles. The zero-order chi connectivity index (χ0) is 18.1. The van der Waals surface area contributed by atoms with Crippen molar-refractivity contribution in [3.63, 3.8) is 0 Å². The van der Waals surface area contributed by atoms with Gasteiger partial charge in [-0.05, 0) is 31.2 Å². The Labute approximate surface area is 149 Å². The van der Waals surface area contributed by atoms with Crippen LogP contribution in [-0.4, -0.2) is 24.0 Å². The van der Waals surface area contributed by atoms with E-state index in [0.717, 1.165) is 49.8 Å². The van der Waals surface area contributed by atoms with Crippen molar-refractivity contribution in [1.82, 2.24) is 0 Å². The third-order valence-electron chi connectivity index (χ3n) is 4.97. The fraction of sp³-hybridized carbons (Fsp3) is 0.524. The molecule has 1 fully saturated rings. The molecule has 1 aromatic carbocycles. The molecule has 4 heteroatoms. The van der Waals surface area contributed by atoms with Crippen molar-refractivity contribution in [2.24, 2.45) is 11.8 Å². The highest BCUT2D eigenvalue weighted by Gasteiger charge is 2.32. The molecule has 0 bridgehead atoms. The lowest BCUT2D eigenvalue weighted by atomic mass is 9.89. The lowest BCUT2D eigenvalue weighted by Crippen LogP contribution is -2.13. The van der Waals surface area contributed by atoms with Crippen LogP contribution in [0.15, 0.2) is 30.3 Å². The number of Topliss-reactive ketones (excluding diaryl/α,β-unsaturated/α-hetero) is 1. The van der Waals surface area contributed by atoms with Crippen molar-refractivity contribution >= 4 is 17.8 Å². The first-order valence-corrected chi connectivity index (χ1v) is 9.17. The van der Waals surface area contributed by atoms with E-state index in [4.69, 9.17) is 9.84 Å². The highest BCUT2D eigenvalue weighted by molar-refractivity contribution is 5.84. The van der Waals surface area contributed by atoms with Crippen LogP contribution in [-0.2, 0) is 9.59 Å². The summed E-state index contributed by atoms with van der Waals surface area (Å²) in [6.07, 6.45) is 10.6. The van der Waals surface area contributed by atoms with E-state index in [9.17, 15) is 9.59 Å². The Hall–Kier alpha value is -2.10.